The van der Waals surface area contributed by atoms with Gasteiger partial charge in [0, 0.05) is 6.42 Å². The topological polar surface area (TPSA) is 105 Å². The number of hydrogen-bond acceptors (Lipinski definition) is 5. The molecule has 380 valence electrons. The lowest BCUT2D eigenvalue weighted by Crippen LogP contribution is -2.45. The number of phosphoric ester groups is 1. The van der Waals surface area contributed by atoms with Gasteiger partial charge in [0.25, 0.3) is 0 Å². The van der Waals surface area contributed by atoms with Gasteiger partial charge in [0.1, 0.15) is 13.2 Å². The van der Waals surface area contributed by atoms with Crippen LogP contribution in [-0.2, 0) is 18.4 Å². The van der Waals surface area contributed by atoms with Crippen LogP contribution in [0.15, 0.2) is 24.3 Å². The molecule has 0 aromatic heterocycles. The van der Waals surface area contributed by atoms with Gasteiger partial charge in [-0.15, -0.1) is 0 Å². The number of carbonyl (C=O) groups excluding carboxylic acids is 1. The molecule has 0 aliphatic heterocycles. The zero-order valence-corrected chi connectivity index (χ0v) is 44.2. The molecule has 0 saturated carbocycles. The predicted octanol–water partition coefficient (Wildman–Crippen LogP) is 16.4. The lowest BCUT2D eigenvalue weighted by atomic mass is 10.0. The number of rotatable bonds is 51. The van der Waals surface area contributed by atoms with Crippen molar-refractivity contribution in [2.75, 3.05) is 40.9 Å². The second kappa shape index (κ2) is 47.1. The Bertz CT molecular complexity index is 1090. The van der Waals surface area contributed by atoms with E-state index in [2.05, 4.69) is 31.3 Å². The number of likely N-dealkylation sites (N-methyl/N-ethyl adjacent to an activating group) is 1. The number of nitrogens with zero attached hydrogens (tertiary/aromatic N) is 1. The summed E-state index contributed by atoms with van der Waals surface area (Å²) in [5, 5.41) is 13.8. The molecule has 0 aliphatic carbocycles. The SMILES string of the molecule is CCCCC/C=C/CC/C=C/C(O)C(COP(=O)(O)OCC[N+](C)(C)C)NC(=O)CCCCCCCCCCCCCCCCCCCCCCCCCCCCCCCCCCC. The van der Waals surface area contributed by atoms with E-state index in [9.17, 15) is 19.4 Å². The Morgan fingerprint density at radius 1 is 0.516 bits per heavy atom. The molecule has 0 aromatic rings. The van der Waals surface area contributed by atoms with Crippen molar-refractivity contribution in [3.05, 3.63) is 24.3 Å². The monoisotopic (exact) mass is 926 g/mol. The zero-order chi connectivity index (χ0) is 47.1. The number of nitrogens with one attached hydrogen (secondary N) is 1. The first-order chi connectivity index (χ1) is 31.0. The molecule has 3 N–H and O–H groups in total. The van der Waals surface area contributed by atoms with Crippen LogP contribution >= 0.6 is 7.82 Å². The van der Waals surface area contributed by atoms with Gasteiger partial charge in [0.15, 0.2) is 0 Å². The van der Waals surface area contributed by atoms with Crippen LogP contribution < -0.4 is 5.32 Å². The fraction of sp³-hybridized carbons (Fsp3) is 0.909. The number of phosphoric acid groups is 1. The molecule has 0 bridgehead atoms. The number of aliphatic hydroxyl groups is 1. The molecule has 3 unspecified atom stereocenters. The summed E-state index contributed by atoms with van der Waals surface area (Å²) in [5.41, 5.74) is 0. The summed E-state index contributed by atoms with van der Waals surface area (Å²) in [7, 11) is 1.56. The number of hydrogen-bond donors (Lipinski definition) is 3. The van der Waals surface area contributed by atoms with Crippen molar-refractivity contribution in [3.63, 3.8) is 0 Å². The van der Waals surface area contributed by atoms with E-state index >= 15 is 0 Å². The van der Waals surface area contributed by atoms with E-state index < -0.39 is 20.0 Å². The lowest BCUT2D eigenvalue weighted by Gasteiger charge is -2.25. The van der Waals surface area contributed by atoms with Crippen LogP contribution in [0.1, 0.15) is 271 Å². The molecule has 0 spiro atoms. The third-order valence-electron chi connectivity index (χ3n) is 12.7. The van der Waals surface area contributed by atoms with Crippen molar-refractivity contribution in [1.82, 2.24) is 5.32 Å². The van der Waals surface area contributed by atoms with Crippen LogP contribution in [0.4, 0.5) is 0 Å². The fourth-order valence-corrected chi connectivity index (χ4v) is 9.03. The summed E-state index contributed by atoms with van der Waals surface area (Å²) < 4.78 is 23.5. The highest BCUT2D eigenvalue weighted by Gasteiger charge is 2.27. The molecule has 64 heavy (non-hydrogen) atoms. The maximum absolute atomic E-state index is 12.9. The van der Waals surface area contributed by atoms with E-state index in [1.54, 1.807) is 6.08 Å². The average Bonchev–Trinajstić information content (AvgIpc) is 3.25. The number of carbonyl (C=O) groups is 1. The number of amides is 1. The average molecular weight is 926 g/mol. The number of unbranched alkanes of at least 4 members (excludes halogenated alkanes) is 36. The number of aliphatic hydroxyl groups excluding tert-OH is 1. The van der Waals surface area contributed by atoms with Crippen molar-refractivity contribution in [2.45, 2.75) is 283 Å². The molecular weight excluding hydrogens is 816 g/mol. The predicted molar refractivity (Wildman–Crippen MR) is 277 cm³/mol. The van der Waals surface area contributed by atoms with E-state index in [-0.39, 0.29) is 19.1 Å². The van der Waals surface area contributed by atoms with Gasteiger partial charge in [-0.1, -0.05) is 256 Å². The van der Waals surface area contributed by atoms with Gasteiger partial charge in [0.05, 0.1) is 39.9 Å². The normalized spacial score (nSPS) is 14.2. The zero-order valence-electron chi connectivity index (χ0n) is 43.3. The van der Waals surface area contributed by atoms with Crippen molar-refractivity contribution in [2.24, 2.45) is 0 Å². The van der Waals surface area contributed by atoms with Gasteiger partial charge in [-0.2, -0.15) is 0 Å². The third-order valence-corrected chi connectivity index (χ3v) is 13.7. The Kier molecular flexibility index (Phi) is 46.3. The Hall–Kier alpha value is -1.02. The van der Waals surface area contributed by atoms with Crippen molar-refractivity contribution in [1.29, 1.82) is 0 Å². The molecule has 0 heterocycles. The smallest absolute Gasteiger partial charge is 0.387 e. The molecule has 9 heteroatoms. The first-order valence-electron chi connectivity index (χ1n) is 27.7. The maximum Gasteiger partial charge on any atom is 0.472 e. The van der Waals surface area contributed by atoms with Gasteiger partial charge in [0.2, 0.25) is 5.91 Å². The highest BCUT2D eigenvalue weighted by molar-refractivity contribution is 7.47. The van der Waals surface area contributed by atoms with E-state index in [0.29, 0.717) is 17.4 Å². The molecule has 0 radical (unpaired) electrons. The number of quaternary nitrogens is 1. The van der Waals surface area contributed by atoms with Crippen LogP contribution in [0.3, 0.4) is 0 Å². The third kappa shape index (κ3) is 48.9. The fourth-order valence-electron chi connectivity index (χ4n) is 8.30. The Labute approximate surface area is 398 Å². The first kappa shape index (κ1) is 63.0. The van der Waals surface area contributed by atoms with Crippen molar-refractivity contribution >= 4 is 13.7 Å². The van der Waals surface area contributed by atoms with E-state index in [1.807, 2.05) is 27.2 Å². The van der Waals surface area contributed by atoms with Crippen LogP contribution in [0.5, 0.6) is 0 Å². The van der Waals surface area contributed by atoms with Crippen LogP contribution in [0.2, 0.25) is 0 Å². The Morgan fingerprint density at radius 2 is 0.859 bits per heavy atom. The van der Waals surface area contributed by atoms with Gasteiger partial charge < -0.3 is 19.8 Å². The van der Waals surface area contributed by atoms with Gasteiger partial charge in [-0.3, -0.25) is 13.8 Å². The van der Waals surface area contributed by atoms with Gasteiger partial charge in [-0.25, -0.2) is 4.57 Å². The standard InChI is InChI=1S/C55H109N2O6P/c1-6-8-10-12-14-16-17-18-19-20-21-22-23-24-25-26-27-28-29-30-31-32-33-34-35-36-37-38-39-41-43-45-47-49-55(59)56-53(52-63-64(60,61)62-51-50-57(3,4)5)54(58)48-46-44-42-40-15-13-11-9-7-2/h15,40,46,48,53-54,58H,6-14,16-39,41-45,47,49-52H2,1-5H3,(H-,56,59,60,61)/p+1/b40-15+,48-46+. The summed E-state index contributed by atoms with van der Waals surface area (Å²) in [6.45, 7) is 4.76. The molecule has 3 atom stereocenters. The van der Waals surface area contributed by atoms with Crippen LogP contribution in [0.25, 0.3) is 0 Å². The minimum atomic E-state index is -4.34. The summed E-state index contributed by atoms with van der Waals surface area (Å²) in [6, 6.07) is -0.857. The second-order valence-electron chi connectivity index (χ2n) is 20.3. The first-order valence-corrected chi connectivity index (χ1v) is 29.2. The maximum atomic E-state index is 12.9. The number of allylic oxidation sites excluding steroid dienone is 3. The molecular formula is C55H110N2O6P+. The molecule has 1 amide bonds. The van der Waals surface area contributed by atoms with Crippen LogP contribution in [0, 0.1) is 0 Å². The van der Waals surface area contributed by atoms with Crippen molar-refractivity contribution < 1.29 is 32.9 Å². The molecule has 8 nitrogen and oxygen atoms in total. The quantitative estimate of drug-likeness (QED) is 0.0243. The summed E-state index contributed by atoms with van der Waals surface area (Å²) in [5.74, 6) is -0.185. The summed E-state index contributed by atoms with van der Waals surface area (Å²) in [6.07, 6.45) is 58.9. The highest BCUT2D eigenvalue weighted by Crippen LogP contribution is 2.43. The minimum absolute atomic E-state index is 0.0580. The minimum Gasteiger partial charge on any atom is -0.387 e. The molecule has 0 aliphatic rings. The summed E-state index contributed by atoms with van der Waals surface area (Å²) in [4.78, 5) is 23.1. The van der Waals surface area contributed by atoms with Gasteiger partial charge in [-0.05, 0) is 32.1 Å². The Balaban J connectivity index is 3.88. The van der Waals surface area contributed by atoms with Crippen molar-refractivity contribution in [3.8, 4) is 0 Å². The Morgan fingerprint density at radius 3 is 1.25 bits per heavy atom. The molecule has 0 aromatic carbocycles. The lowest BCUT2D eigenvalue weighted by molar-refractivity contribution is -0.870. The van der Waals surface area contributed by atoms with Crippen LogP contribution in [-0.4, -0.2) is 73.4 Å². The molecule has 0 fully saturated rings. The van der Waals surface area contributed by atoms with E-state index in [4.69, 9.17) is 9.05 Å². The largest absolute Gasteiger partial charge is 0.472 e. The highest BCUT2D eigenvalue weighted by atomic mass is 31.2. The van der Waals surface area contributed by atoms with E-state index in [0.717, 1.165) is 38.5 Å². The van der Waals surface area contributed by atoms with E-state index in [1.165, 1.54) is 212 Å². The molecule has 0 saturated heterocycles. The second-order valence-corrected chi connectivity index (χ2v) is 21.8. The molecule has 0 rings (SSSR count). The van der Waals surface area contributed by atoms with Gasteiger partial charge >= 0.3 is 7.82 Å². The summed E-state index contributed by atoms with van der Waals surface area (Å²) >= 11 is 0.